The Morgan fingerprint density at radius 2 is 2.19 bits per heavy atom. The monoisotopic (exact) mass is 385 g/mol. The van der Waals surface area contributed by atoms with Crippen LogP contribution in [0.15, 0.2) is 46.9 Å². The van der Waals surface area contributed by atoms with Crippen molar-refractivity contribution in [1.29, 1.82) is 0 Å². The minimum Gasteiger partial charge on any atom is -0.489 e. The van der Waals surface area contributed by atoms with Crippen molar-refractivity contribution in [2.24, 2.45) is 7.05 Å². The lowest BCUT2D eigenvalue weighted by Crippen LogP contribution is -2.33. The topological polar surface area (TPSA) is 73.2 Å². The van der Waals surface area contributed by atoms with Crippen LogP contribution in [-0.4, -0.2) is 27.8 Å². The predicted molar refractivity (Wildman–Crippen MR) is 108 cm³/mol. The molecule has 7 heteroatoms. The van der Waals surface area contributed by atoms with Crippen LogP contribution in [0.25, 0.3) is 0 Å². The molecule has 0 unspecified atom stereocenters. The molecular formula is C20H23N3O3S. The van der Waals surface area contributed by atoms with E-state index in [1.54, 1.807) is 10.6 Å². The number of amides is 1. The van der Waals surface area contributed by atoms with Crippen molar-refractivity contribution in [2.45, 2.75) is 30.8 Å². The summed E-state index contributed by atoms with van der Waals surface area (Å²) in [6.07, 6.45) is 2.82. The number of nitrogens with one attached hydrogen (secondary N) is 1. The molecule has 1 N–H and O–H groups in total. The van der Waals surface area contributed by atoms with E-state index in [0.717, 1.165) is 17.7 Å². The van der Waals surface area contributed by atoms with Crippen molar-refractivity contribution in [2.75, 3.05) is 17.7 Å². The van der Waals surface area contributed by atoms with Crippen LogP contribution in [0.1, 0.15) is 36.8 Å². The number of rotatable bonds is 7. The molecule has 0 fully saturated rings. The Morgan fingerprint density at radius 3 is 2.93 bits per heavy atom. The molecule has 0 radical (unpaired) electrons. The van der Waals surface area contributed by atoms with Crippen LogP contribution in [0, 0.1) is 0 Å². The Kier molecular flexibility index (Phi) is 6.01. The Hall–Kier alpha value is -2.54. The van der Waals surface area contributed by atoms with Gasteiger partial charge in [-0.1, -0.05) is 49.5 Å². The normalized spacial score (nSPS) is 15.8. The van der Waals surface area contributed by atoms with Gasteiger partial charge < -0.3 is 14.6 Å². The second kappa shape index (κ2) is 8.43. The molecule has 2 heterocycles. The van der Waals surface area contributed by atoms with Gasteiger partial charge in [0, 0.05) is 30.7 Å². The molecule has 0 saturated heterocycles. The number of thioether (sulfide) groups is 1. The van der Waals surface area contributed by atoms with Gasteiger partial charge in [0.1, 0.15) is 18.2 Å². The van der Waals surface area contributed by atoms with Crippen molar-refractivity contribution in [1.82, 2.24) is 9.55 Å². The lowest BCUT2D eigenvalue weighted by molar-refractivity contribution is -0.116. The number of carbonyl (C=O) groups is 1. The van der Waals surface area contributed by atoms with Crippen LogP contribution in [0.3, 0.4) is 0 Å². The van der Waals surface area contributed by atoms with Gasteiger partial charge in [-0.25, -0.2) is 0 Å². The first-order chi connectivity index (χ1) is 13.1. The third kappa shape index (κ3) is 3.93. The molecular weight excluding hydrogens is 362 g/mol. The Balaban J connectivity index is 2.12. The molecule has 1 atom stereocenters. The van der Waals surface area contributed by atoms with E-state index in [2.05, 4.69) is 23.8 Å². The second-order valence-electron chi connectivity index (χ2n) is 6.31. The molecule has 0 saturated carbocycles. The summed E-state index contributed by atoms with van der Waals surface area (Å²) in [6.45, 7) is 6.09. The quantitative estimate of drug-likeness (QED) is 0.450. The summed E-state index contributed by atoms with van der Waals surface area (Å²) in [7, 11) is 1.83. The van der Waals surface area contributed by atoms with Crippen LogP contribution in [0.4, 0.5) is 5.82 Å². The van der Waals surface area contributed by atoms with Crippen LogP contribution in [-0.2, 0) is 11.8 Å². The van der Waals surface area contributed by atoms with Crippen LogP contribution in [0.2, 0.25) is 0 Å². The van der Waals surface area contributed by atoms with Gasteiger partial charge in [0.25, 0.3) is 5.56 Å². The average molecular weight is 385 g/mol. The van der Waals surface area contributed by atoms with Gasteiger partial charge in [0.15, 0.2) is 5.16 Å². The highest BCUT2D eigenvalue weighted by atomic mass is 32.2. The van der Waals surface area contributed by atoms with Crippen LogP contribution < -0.4 is 15.6 Å². The number of anilines is 1. The number of aromatic nitrogens is 2. The average Bonchev–Trinajstić information content (AvgIpc) is 2.67. The summed E-state index contributed by atoms with van der Waals surface area (Å²) in [5.41, 5.74) is 1.01. The molecule has 1 aromatic heterocycles. The highest BCUT2D eigenvalue weighted by Crippen LogP contribution is 2.39. The highest BCUT2D eigenvalue weighted by Gasteiger charge is 2.33. The first-order valence-electron chi connectivity index (χ1n) is 8.93. The maximum Gasteiger partial charge on any atom is 0.279 e. The summed E-state index contributed by atoms with van der Waals surface area (Å²) in [5, 5.41) is 3.47. The van der Waals surface area contributed by atoms with Crippen LogP contribution >= 0.6 is 11.8 Å². The zero-order valence-electron chi connectivity index (χ0n) is 15.5. The fourth-order valence-electron chi connectivity index (χ4n) is 3.17. The van der Waals surface area contributed by atoms with Gasteiger partial charge in [-0.05, 0) is 12.5 Å². The van der Waals surface area contributed by atoms with Gasteiger partial charge in [0.2, 0.25) is 5.91 Å². The number of benzene rings is 1. The summed E-state index contributed by atoms with van der Waals surface area (Å²) >= 11 is 1.51. The highest BCUT2D eigenvalue weighted by molar-refractivity contribution is 7.99. The van der Waals surface area contributed by atoms with Gasteiger partial charge in [-0.2, -0.15) is 4.98 Å². The maximum atomic E-state index is 12.9. The standard InChI is InChI=1S/C20H23N3O3S/c1-4-10-26-15-9-7-6-8-13(15)14-12-16(24)21-18-17(14)19(25)22-20(23(18)3)27-11-5-2/h4,6-9,14H,1,5,10-12H2,2-3H3,(H,21,24)/t14-/m0/s1. The van der Waals surface area contributed by atoms with Crippen molar-refractivity contribution in [3.8, 4) is 5.75 Å². The molecule has 2 aromatic rings. The number of carbonyl (C=O) groups excluding carboxylic acids is 1. The SMILES string of the molecule is C=CCOc1ccccc1[C@@H]1CC(=O)Nc2c1c(=O)nc(SCCC)n2C. The molecule has 3 rings (SSSR count). The number of ether oxygens (including phenoxy) is 1. The molecule has 0 bridgehead atoms. The Morgan fingerprint density at radius 1 is 1.41 bits per heavy atom. The molecule has 27 heavy (non-hydrogen) atoms. The van der Waals surface area contributed by atoms with E-state index in [9.17, 15) is 9.59 Å². The molecule has 1 aliphatic heterocycles. The first-order valence-corrected chi connectivity index (χ1v) is 9.91. The van der Waals surface area contributed by atoms with Gasteiger partial charge in [-0.3, -0.25) is 9.59 Å². The van der Waals surface area contributed by atoms with E-state index in [4.69, 9.17) is 4.74 Å². The van der Waals surface area contributed by atoms with Gasteiger partial charge in [-0.15, -0.1) is 0 Å². The molecule has 0 aliphatic carbocycles. The third-order valence-corrected chi connectivity index (χ3v) is 5.62. The minimum atomic E-state index is -0.397. The van der Waals surface area contributed by atoms with E-state index >= 15 is 0 Å². The lowest BCUT2D eigenvalue weighted by atomic mass is 9.86. The van der Waals surface area contributed by atoms with Gasteiger partial charge >= 0.3 is 0 Å². The van der Waals surface area contributed by atoms with E-state index in [1.165, 1.54) is 11.8 Å². The van der Waals surface area contributed by atoms with Crippen molar-refractivity contribution >= 4 is 23.5 Å². The molecule has 142 valence electrons. The Labute approximate surface area is 162 Å². The van der Waals surface area contributed by atoms with Crippen molar-refractivity contribution in [3.63, 3.8) is 0 Å². The first kappa shape index (κ1) is 19.2. The lowest BCUT2D eigenvalue weighted by Gasteiger charge is -2.28. The predicted octanol–water partition coefficient (Wildman–Crippen LogP) is 3.32. The third-order valence-electron chi connectivity index (χ3n) is 4.39. The largest absolute Gasteiger partial charge is 0.489 e. The number of hydrogen-bond donors (Lipinski definition) is 1. The van der Waals surface area contributed by atoms with Crippen molar-refractivity contribution < 1.29 is 9.53 Å². The zero-order chi connectivity index (χ0) is 19.4. The summed E-state index contributed by atoms with van der Waals surface area (Å²) < 4.78 is 7.55. The molecule has 0 spiro atoms. The van der Waals surface area contributed by atoms with Crippen molar-refractivity contribution in [3.05, 3.63) is 58.4 Å². The summed E-state index contributed by atoms with van der Waals surface area (Å²) in [5.74, 6) is 1.50. The van der Waals surface area contributed by atoms with E-state index in [-0.39, 0.29) is 17.9 Å². The smallest absolute Gasteiger partial charge is 0.279 e. The van der Waals surface area contributed by atoms with E-state index in [1.807, 2.05) is 31.3 Å². The van der Waals surface area contributed by atoms with Crippen LogP contribution in [0.5, 0.6) is 5.75 Å². The molecule has 1 aliphatic rings. The maximum absolute atomic E-state index is 12.9. The summed E-state index contributed by atoms with van der Waals surface area (Å²) in [6, 6.07) is 7.48. The van der Waals surface area contributed by atoms with E-state index < -0.39 is 5.92 Å². The number of nitrogens with zero attached hydrogens (tertiary/aromatic N) is 2. The summed E-state index contributed by atoms with van der Waals surface area (Å²) in [4.78, 5) is 29.6. The molecule has 1 amide bonds. The molecule has 1 aromatic carbocycles. The fraction of sp³-hybridized carbons (Fsp3) is 0.350. The molecule has 6 nitrogen and oxygen atoms in total. The Bertz CT molecular complexity index is 923. The second-order valence-corrected chi connectivity index (χ2v) is 7.37. The fourth-order valence-corrected chi connectivity index (χ4v) is 3.99. The zero-order valence-corrected chi connectivity index (χ0v) is 16.3. The number of hydrogen-bond acceptors (Lipinski definition) is 5. The minimum absolute atomic E-state index is 0.126. The van der Waals surface area contributed by atoms with E-state index in [0.29, 0.717) is 28.9 Å². The number of para-hydroxylation sites is 1. The number of fused-ring (bicyclic) bond motifs is 1. The van der Waals surface area contributed by atoms with Gasteiger partial charge in [0.05, 0.1) is 5.56 Å².